The van der Waals surface area contributed by atoms with Gasteiger partial charge >= 0.3 is 5.97 Å². The van der Waals surface area contributed by atoms with Crippen molar-refractivity contribution in [1.82, 2.24) is 4.90 Å². The number of imide groups is 1. The van der Waals surface area contributed by atoms with Crippen LogP contribution in [-0.2, 0) is 9.59 Å². The summed E-state index contributed by atoms with van der Waals surface area (Å²) in [5.74, 6) is -1.93. The molecule has 0 aliphatic heterocycles. The van der Waals surface area contributed by atoms with E-state index >= 15 is 0 Å². The van der Waals surface area contributed by atoms with Crippen LogP contribution in [0.25, 0.3) is 0 Å². The average molecular weight is 251 g/mol. The zero-order valence-electron chi connectivity index (χ0n) is 10.0. The van der Waals surface area contributed by atoms with Crippen LogP contribution in [0.1, 0.15) is 17.3 Å². The smallest absolute Gasteiger partial charge is 0.323 e. The minimum atomic E-state index is -1.24. The number of hydrogen-bond donors (Lipinski definition) is 1. The van der Waals surface area contributed by atoms with Gasteiger partial charge in [0, 0.05) is 12.5 Å². The summed E-state index contributed by atoms with van der Waals surface area (Å²) in [5, 5.41) is 8.64. The van der Waals surface area contributed by atoms with E-state index in [0.29, 0.717) is 10.6 Å². The van der Waals surface area contributed by atoms with Crippen molar-refractivity contribution in [3.8, 4) is 5.75 Å². The molecular weight excluding hydrogens is 238 g/mol. The van der Waals surface area contributed by atoms with Gasteiger partial charge < -0.3 is 9.84 Å². The highest BCUT2D eigenvalue weighted by Gasteiger charge is 2.22. The second-order valence-electron chi connectivity index (χ2n) is 3.53. The quantitative estimate of drug-likeness (QED) is 0.854. The molecule has 6 nitrogen and oxygen atoms in total. The van der Waals surface area contributed by atoms with Gasteiger partial charge in [-0.25, -0.2) is 0 Å². The maximum atomic E-state index is 11.9. The van der Waals surface area contributed by atoms with Gasteiger partial charge in [0.15, 0.2) is 0 Å². The van der Waals surface area contributed by atoms with Gasteiger partial charge in [0.25, 0.3) is 5.91 Å². The molecule has 0 saturated carbocycles. The summed E-state index contributed by atoms with van der Waals surface area (Å²) in [6.45, 7) is 0.491. The molecule has 0 spiro atoms. The molecule has 2 amide bonds. The van der Waals surface area contributed by atoms with Crippen molar-refractivity contribution in [3.05, 3.63) is 29.8 Å². The van der Waals surface area contributed by atoms with Crippen molar-refractivity contribution in [2.24, 2.45) is 0 Å². The van der Waals surface area contributed by atoms with Gasteiger partial charge in [-0.2, -0.15) is 0 Å². The van der Waals surface area contributed by atoms with Crippen LogP contribution in [0.3, 0.4) is 0 Å². The maximum absolute atomic E-state index is 11.9. The van der Waals surface area contributed by atoms with E-state index < -0.39 is 24.3 Å². The van der Waals surface area contributed by atoms with E-state index in [0.717, 1.165) is 6.92 Å². The third-order valence-electron chi connectivity index (χ3n) is 2.26. The van der Waals surface area contributed by atoms with Crippen LogP contribution in [-0.4, -0.2) is 41.4 Å². The molecule has 0 bridgehead atoms. The van der Waals surface area contributed by atoms with Gasteiger partial charge in [0.1, 0.15) is 12.3 Å². The van der Waals surface area contributed by atoms with Crippen molar-refractivity contribution < 1.29 is 24.2 Å². The summed E-state index contributed by atoms with van der Waals surface area (Å²) >= 11 is 0. The van der Waals surface area contributed by atoms with Crippen LogP contribution >= 0.6 is 0 Å². The molecule has 0 aliphatic rings. The largest absolute Gasteiger partial charge is 0.497 e. The fourth-order valence-corrected chi connectivity index (χ4v) is 1.35. The Hall–Kier alpha value is -2.37. The van der Waals surface area contributed by atoms with E-state index in [4.69, 9.17) is 9.84 Å². The number of ether oxygens (including phenoxy) is 1. The molecule has 6 heteroatoms. The lowest BCUT2D eigenvalue weighted by Gasteiger charge is -2.16. The molecule has 1 aromatic rings. The lowest BCUT2D eigenvalue weighted by Crippen LogP contribution is -2.39. The molecule has 0 unspecified atom stereocenters. The summed E-state index contributed by atoms with van der Waals surface area (Å²) in [6.07, 6.45) is 0. The number of amides is 2. The highest BCUT2D eigenvalue weighted by molar-refractivity contribution is 6.05. The molecular formula is C12H13NO5. The first kappa shape index (κ1) is 13.7. The Morgan fingerprint density at radius 2 is 1.78 bits per heavy atom. The van der Waals surface area contributed by atoms with Gasteiger partial charge in [-0.1, -0.05) is 0 Å². The monoisotopic (exact) mass is 251 g/mol. The Labute approximate surface area is 104 Å². The predicted octanol–water partition coefficient (Wildman–Crippen LogP) is 0.768. The third kappa shape index (κ3) is 3.31. The minimum absolute atomic E-state index is 0.229. The molecule has 0 atom stereocenters. The molecule has 0 radical (unpaired) electrons. The van der Waals surface area contributed by atoms with Crippen molar-refractivity contribution >= 4 is 17.8 Å². The number of benzene rings is 1. The number of carbonyl (C=O) groups is 3. The first-order valence-electron chi connectivity index (χ1n) is 5.14. The topological polar surface area (TPSA) is 83.9 Å². The van der Waals surface area contributed by atoms with E-state index in [1.807, 2.05) is 0 Å². The number of nitrogens with zero attached hydrogens (tertiary/aromatic N) is 1. The van der Waals surface area contributed by atoms with E-state index in [1.165, 1.54) is 19.2 Å². The van der Waals surface area contributed by atoms with E-state index in [1.54, 1.807) is 12.1 Å². The lowest BCUT2D eigenvalue weighted by molar-refractivity contribution is -0.142. The van der Waals surface area contributed by atoms with Gasteiger partial charge in [-0.3, -0.25) is 19.3 Å². The lowest BCUT2D eigenvalue weighted by atomic mass is 10.2. The Kier molecular flexibility index (Phi) is 4.42. The number of aliphatic carboxylic acids is 1. The number of carboxylic acids is 1. The molecule has 1 N–H and O–H groups in total. The molecule has 1 aromatic carbocycles. The Morgan fingerprint density at radius 3 is 2.17 bits per heavy atom. The summed E-state index contributed by atoms with van der Waals surface area (Å²) in [6, 6.07) is 6.07. The molecule has 0 heterocycles. The zero-order valence-corrected chi connectivity index (χ0v) is 10.0. The van der Waals surface area contributed by atoms with Gasteiger partial charge in [0.05, 0.1) is 7.11 Å². The van der Waals surface area contributed by atoms with Crippen LogP contribution in [0.5, 0.6) is 5.75 Å². The zero-order chi connectivity index (χ0) is 13.7. The minimum Gasteiger partial charge on any atom is -0.497 e. The number of methoxy groups -OCH3 is 1. The highest BCUT2D eigenvalue weighted by atomic mass is 16.5. The summed E-state index contributed by atoms with van der Waals surface area (Å²) < 4.78 is 4.94. The normalized spacial score (nSPS) is 9.67. The summed E-state index contributed by atoms with van der Waals surface area (Å²) in [4.78, 5) is 34.4. The van der Waals surface area contributed by atoms with Crippen LogP contribution in [0.4, 0.5) is 0 Å². The second kappa shape index (κ2) is 5.81. The standard InChI is InChI=1S/C12H13NO5/c1-8(14)13(7-11(15)16)12(17)9-3-5-10(18-2)6-4-9/h3-6H,7H2,1-2H3,(H,15,16). The van der Waals surface area contributed by atoms with Crippen LogP contribution in [0, 0.1) is 0 Å². The van der Waals surface area contributed by atoms with E-state index in [9.17, 15) is 14.4 Å². The molecule has 0 saturated heterocycles. The average Bonchev–Trinajstić information content (AvgIpc) is 2.34. The van der Waals surface area contributed by atoms with Crippen LogP contribution < -0.4 is 4.74 Å². The van der Waals surface area contributed by atoms with E-state index in [2.05, 4.69) is 0 Å². The van der Waals surface area contributed by atoms with Crippen molar-refractivity contribution in [2.45, 2.75) is 6.92 Å². The maximum Gasteiger partial charge on any atom is 0.323 e. The van der Waals surface area contributed by atoms with Crippen LogP contribution in [0.2, 0.25) is 0 Å². The number of carbonyl (C=O) groups excluding carboxylic acids is 2. The summed E-state index contributed by atoms with van der Waals surface area (Å²) in [5.41, 5.74) is 0.229. The number of hydrogen-bond acceptors (Lipinski definition) is 4. The Balaban J connectivity index is 2.94. The van der Waals surface area contributed by atoms with E-state index in [-0.39, 0.29) is 5.56 Å². The first-order valence-corrected chi connectivity index (χ1v) is 5.14. The van der Waals surface area contributed by atoms with Gasteiger partial charge in [-0.15, -0.1) is 0 Å². The van der Waals surface area contributed by atoms with Crippen LogP contribution in [0.15, 0.2) is 24.3 Å². The van der Waals surface area contributed by atoms with Crippen molar-refractivity contribution in [3.63, 3.8) is 0 Å². The fraction of sp³-hybridized carbons (Fsp3) is 0.250. The van der Waals surface area contributed by atoms with Crippen molar-refractivity contribution in [2.75, 3.05) is 13.7 Å². The van der Waals surface area contributed by atoms with Gasteiger partial charge in [-0.05, 0) is 24.3 Å². The SMILES string of the molecule is COc1ccc(C(=O)N(CC(=O)O)C(C)=O)cc1. The molecule has 0 fully saturated rings. The highest BCUT2D eigenvalue weighted by Crippen LogP contribution is 2.13. The van der Waals surface area contributed by atoms with Crippen molar-refractivity contribution in [1.29, 1.82) is 0 Å². The van der Waals surface area contributed by atoms with Gasteiger partial charge in [0.2, 0.25) is 5.91 Å². The predicted molar refractivity (Wildman–Crippen MR) is 62.3 cm³/mol. The Bertz CT molecular complexity index is 466. The molecule has 0 aliphatic carbocycles. The fourth-order valence-electron chi connectivity index (χ4n) is 1.35. The molecule has 18 heavy (non-hydrogen) atoms. The first-order chi connectivity index (χ1) is 8.45. The molecule has 1 rings (SSSR count). The number of rotatable bonds is 4. The molecule has 96 valence electrons. The summed E-state index contributed by atoms with van der Waals surface area (Å²) in [7, 11) is 1.49. The second-order valence-corrected chi connectivity index (χ2v) is 3.53. The number of carboxylic acid groups (broad SMARTS) is 1. The third-order valence-corrected chi connectivity index (χ3v) is 2.26. The Morgan fingerprint density at radius 1 is 1.22 bits per heavy atom. The molecule has 0 aromatic heterocycles.